The Labute approximate surface area is 122 Å². The predicted molar refractivity (Wildman–Crippen MR) is 81.4 cm³/mol. The van der Waals surface area contributed by atoms with E-state index in [-0.39, 0.29) is 12.4 Å². The Morgan fingerprint density at radius 1 is 1.33 bits per heavy atom. The summed E-state index contributed by atoms with van der Waals surface area (Å²) in [6, 6.07) is 12.1. The maximum absolute atomic E-state index is 13.8. The van der Waals surface area contributed by atoms with Crippen molar-refractivity contribution >= 4 is 12.1 Å². The van der Waals surface area contributed by atoms with E-state index in [4.69, 9.17) is 5.73 Å². The van der Waals surface area contributed by atoms with Gasteiger partial charge >= 0.3 is 0 Å². The van der Waals surface area contributed by atoms with Crippen LogP contribution in [0.2, 0.25) is 0 Å². The summed E-state index contributed by atoms with van der Waals surface area (Å²) >= 11 is 0. The monoisotopic (exact) mass is 285 g/mol. The Morgan fingerprint density at radius 3 is 2.71 bits per heavy atom. The second kappa shape index (κ2) is 6.76. The molecule has 1 amide bonds. The number of hydrogen-bond acceptors (Lipinski definition) is 3. The van der Waals surface area contributed by atoms with Crippen molar-refractivity contribution in [3.8, 4) is 11.1 Å². The van der Waals surface area contributed by atoms with Crippen molar-refractivity contribution in [3.05, 3.63) is 59.4 Å². The lowest BCUT2D eigenvalue weighted by atomic mass is 9.97. The zero-order valence-corrected chi connectivity index (χ0v) is 11.6. The largest absolute Gasteiger partial charge is 0.325 e. The average Bonchev–Trinajstić information content (AvgIpc) is 2.49. The number of amides is 1. The maximum Gasteiger partial charge on any atom is 0.227 e. The molecule has 21 heavy (non-hydrogen) atoms. The van der Waals surface area contributed by atoms with E-state index in [1.165, 1.54) is 6.07 Å². The maximum atomic E-state index is 13.8. The number of benzene rings is 2. The number of nitrogens with two attached hydrogens (primary N) is 1. The van der Waals surface area contributed by atoms with Crippen LogP contribution in [-0.2, 0) is 4.79 Å². The van der Waals surface area contributed by atoms with Crippen molar-refractivity contribution in [3.63, 3.8) is 0 Å². The van der Waals surface area contributed by atoms with Gasteiger partial charge in [0.05, 0.1) is 5.71 Å². The smallest absolute Gasteiger partial charge is 0.227 e. The summed E-state index contributed by atoms with van der Waals surface area (Å²) in [4.78, 5) is 10.3. The van der Waals surface area contributed by atoms with Crippen LogP contribution in [0.5, 0.6) is 0 Å². The molecule has 0 aliphatic heterocycles. The molecule has 0 fully saturated rings. The molecule has 0 saturated carbocycles. The van der Waals surface area contributed by atoms with E-state index in [9.17, 15) is 9.18 Å². The summed E-state index contributed by atoms with van der Waals surface area (Å²) in [6.07, 6.45) is 0.485. The number of nitrogens with zero attached hydrogens (tertiary/aromatic N) is 1. The molecule has 0 aliphatic rings. The molecule has 2 aromatic rings. The zero-order valence-electron chi connectivity index (χ0n) is 11.6. The van der Waals surface area contributed by atoms with Crippen LogP contribution in [0.15, 0.2) is 47.6 Å². The van der Waals surface area contributed by atoms with Gasteiger partial charge in [0.15, 0.2) is 0 Å². The van der Waals surface area contributed by atoms with Gasteiger partial charge in [-0.2, -0.15) is 5.10 Å². The SMILES string of the molecule is Cc1cc(-c2ccccc2F)ccc1/C(CN)=N\NC=O. The van der Waals surface area contributed by atoms with Gasteiger partial charge in [-0.15, -0.1) is 0 Å². The fourth-order valence-corrected chi connectivity index (χ4v) is 2.17. The third-order valence-electron chi connectivity index (χ3n) is 3.17. The van der Waals surface area contributed by atoms with Gasteiger partial charge in [0.2, 0.25) is 6.41 Å². The lowest BCUT2D eigenvalue weighted by molar-refractivity contribution is -0.109. The predicted octanol–water partition coefficient (Wildman–Crippen LogP) is 2.21. The van der Waals surface area contributed by atoms with Crippen molar-refractivity contribution in [1.82, 2.24) is 5.43 Å². The number of hydrogen-bond donors (Lipinski definition) is 2. The van der Waals surface area contributed by atoms with Gasteiger partial charge < -0.3 is 5.73 Å². The summed E-state index contributed by atoms with van der Waals surface area (Å²) < 4.78 is 13.8. The molecule has 0 aliphatic carbocycles. The van der Waals surface area contributed by atoms with Crippen LogP contribution in [0.4, 0.5) is 4.39 Å². The highest BCUT2D eigenvalue weighted by Gasteiger charge is 2.09. The van der Waals surface area contributed by atoms with Crippen LogP contribution < -0.4 is 11.2 Å². The molecular weight excluding hydrogens is 269 g/mol. The van der Waals surface area contributed by atoms with Crippen LogP contribution in [0.1, 0.15) is 11.1 Å². The number of carbonyl (C=O) groups excluding carboxylic acids is 1. The number of carbonyl (C=O) groups is 1. The summed E-state index contributed by atoms with van der Waals surface area (Å²) in [6.45, 7) is 2.09. The third kappa shape index (κ3) is 3.32. The van der Waals surface area contributed by atoms with Crippen LogP contribution >= 0.6 is 0 Å². The molecule has 0 atom stereocenters. The van der Waals surface area contributed by atoms with E-state index in [0.717, 1.165) is 16.7 Å². The highest BCUT2D eigenvalue weighted by Crippen LogP contribution is 2.25. The molecule has 0 spiro atoms. The molecule has 5 heteroatoms. The van der Waals surface area contributed by atoms with Gasteiger partial charge in [-0.1, -0.05) is 36.4 Å². The molecule has 2 rings (SSSR count). The average molecular weight is 285 g/mol. The normalized spacial score (nSPS) is 11.3. The first-order valence-corrected chi connectivity index (χ1v) is 6.49. The Bertz CT molecular complexity index is 683. The van der Waals surface area contributed by atoms with Gasteiger partial charge in [0, 0.05) is 17.7 Å². The van der Waals surface area contributed by atoms with E-state index in [2.05, 4.69) is 10.5 Å². The fraction of sp³-hybridized carbons (Fsp3) is 0.125. The molecule has 3 N–H and O–H groups in total. The highest BCUT2D eigenvalue weighted by atomic mass is 19.1. The summed E-state index contributed by atoms with van der Waals surface area (Å²) in [5.74, 6) is -0.264. The number of hydrazone groups is 1. The van der Waals surface area contributed by atoms with Crippen LogP contribution in [0.3, 0.4) is 0 Å². The van der Waals surface area contributed by atoms with Crippen molar-refractivity contribution in [2.45, 2.75) is 6.92 Å². The van der Waals surface area contributed by atoms with E-state index in [1.807, 2.05) is 25.1 Å². The molecule has 0 bridgehead atoms. The van der Waals surface area contributed by atoms with E-state index >= 15 is 0 Å². The second-order valence-corrected chi connectivity index (χ2v) is 4.52. The molecule has 0 aromatic heterocycles. The van der Waals surface area contributed by atoms with E-state index in [0.29, 0.717) is 17.7 Å². The molecule has 2 aromatic carbocycles. The van der Waals surface area contributed by atoms with Gasteiger partial charge in [-0.25, -0.2) is 9.82 Å². The number of rotatable bonds is 5. The van der Waals surface area contributed by atoms with Crippen LogP contribution in [-0.4, -0.2) is 18.7 Å². The van der Waals surface area contributed by atoms with Gasteiger partial charge in [-0.05, 0) is 24.1 Å². The molecule has 0 heterocycles. The summed E-state index contributed by atoms with van der Waals surface area (Å²) in [5, 5.41) is 3.91. The van der Waals surface area contributed by atoms with Crippen LogP contribution in [0.25, 0.3) is 11.1 Å². The van der Waals surface area contributed by atoms with Crippen LogP contribution in [0, 0.1) is 12.7 Å². The molecule has 108 valence electrons. The number of halogens is 1. The lowest BCUT2D eigenvalue weighted by Gasteiger charge is -2.10. The quantitative estimate of drug-likeness (QED) is 0.502. The third-order valence-corrected chi connectivity index (χ3v) is 3.17. The van der Waals surface area contributed by atoms with E-state index in [1.54, 1.807) is 18.2 Å². The Morgan fingerprint density at radius 2 is 2.10 bits per heavy atom. The molecule has 0 unspecified atom stereocenters. The first-order chi connectivity index (χ1) is 10.2. The Balaban J connectivity index is 2.42. The fourth-order valence-electron chi connectivity index (χ4n) is 2.17. The number of aryl methyl sites for hydroxylation is 1. The van der Waals surface area contributed by atoms with Crippen molar-refractivity contribution in [2.75, 3.05) is 6.54 Å². The second-order valence-electron chi connectivity index (χ2n) is 4.52. The summed E-state index contributed by atoms with van der Waals surface area (Å²) in [7, 11) is 0. The minimum atomic E-state index is -0.264. The van der Waals surface area contributed by atoms with Crippen molar-refractivity contribution in [2.24, 2.45) is 10.8 Å². The minimum absolute atomic E-state index is 0.195. The first-order valence-electron chi connectivity index (χ1n) is 6.49. The van der Waals surface area contributed by atoms with E-state index < -0.39 is 0 Å². The standard InChI is InChI=1S/C16H16FN3O/c1-11-8-12(14-4-2-3-5-15(14)17)6-7-13(11)16(9-18)20-19-10-21/h2-8,10H,9,18H2,1H3,(H,19,21)/b20-16-. The van der Waals surface area contributed by atoms with Gasteiger partial charge in [0.1, 0.15) is 5.82 Å². The zero-order chi connectivity index (χ0) is 15.2. The highest BCUT2D eigenvalue weighted by molar-refractivity contribution is 6.03. The molecule has 0 saturated heterocycles. The lowest BCUT2D eigenvalue weighted by Crippen LogP contribution is -2.20. The Kier molecular flexibility index (Phi) is 4.79. The molecule has 0 radical (unpaired) electrons. The first kappa shape index (κ1) is 14.9. The molecular formula is C16H16FN3O. The molecule has 4 nitrogen and oxygen atoms in total. The Hall–Kier alpha value is -2.53. The van der Waals surface area contributed by atoms with Gasteiger partial charge in [0.25, 0.3) is 0 Å². The summed E-state index contributed by atoms with van der Waals surface area (Å²) in [5.41, 5.74) is 11.5. The van der Waals surface area contributed by atoms with Crippen molar-refractivity contribution < 1.29 is 9.18 Å². The number of nitrogens with one attached hydrogen (secondary N) is 1. The van der Waals surface area contributed by atoms with Crippen molar-refractivity contribution in [1.29, 1.82) is 0 Å². The topological polar surface area (TPSA) is 67.5 Å². The van der Waals surface area contributed by atoms with Gasteiger partial charge in [-0.3, -0.25) is 4.79 Å². The minimum Gasteiger partial charge on any atom is -0.325 e.